The Bertz CT molecular complexity index is 799. The molecule has 0 aliphatic carbocycles. The van der Waals surface area contributed by atoms with Gasteiger partial charge < -0.3 is 14.2 Å². The monoisotopic (exact) mass is 385 g/mol. The van der Waals surface area contributed by atoms with Crippen LogP contribution >= 0.6 is 0 Å². The van der Waals surface area contributed by atoms with Crippen LogP contribution in [0.5, 0.6) is 0 Å². The van der Waals surface area contributed by atoms with Crippen LogP contribution in [0, 0.1) is 31.1 Å². The topological polar surface area (TPSA) is 75.3 Å². The molecule has 1 aromatic heterocycles. The van der Waals surface area contributed by atoms with Crippen LogP contribution in [0.15, 0.2) is 11.6 Å². The van der Waals surface area contributed by atoms with Gasteiger partial charge in [-0.3, -0.25) is 4.79 Å². The van der Waals surface area contributed by atoms with E-state index in [0.717, 1.165) is 42.8 Å². The highest BCUT2D eigenvalue weighted by Crippen LogP contribution is 2.20. The van der Waals surface area contributed by atoms with Crippen LogP contribution in [0.25, 0.3) is 6.08 Å². The van der Waals surface area contributed by atoms with E-state index in [1.807, 2.05) is 32.9 Å². The fourth-order valence-electron chi connectivity index (χ4n) is 3.67. The van der Waals surface area contributed by atoms with Gasteiger partial charge in [0.1, 0.15) is 11.6 Å². The van der Waals surface area contributed by atoms with Gasteiger partial charge in [-0.2, -0.15) is 5.26 Å². The van der Waals surface area contributed by atoms with E-state index in [1.54, 1.807) is 11.0 Å². The summed E-state index contributed by atoms with van der Waals surface area (Å²) in [6.07, 6.45) is 4.60. The average molecular weight is 386 g/mol. The number of esters is 1. The largest absolute Gasteiger partial charge is 0.451 e. The predicted molar refractivity (Wildman–Crippen MR) is 108 cm³/mol. The Balaban J connectivity index is 2.07. The Morgan fingerprint density at radius 3 is 2.68 bits per heavy atom. The number of aromatic nitrogens is 1. The summed E-state index contributed by atoms with van der Waals surface area (Å²) in [7, 11) is 0. The third-order valence-electron chi connectivity index (χ3n) is 5.25. The van der Waals surface area contributed by atoms with Crippen molar-refractivity contribution in [2.45, 2.75) is 66.5 Å². The first-order chi connectivity index (χ1) is 13.2. The van der Waals surface area contributed by atoms with Crippen LogP contribution < -0.4 is 0 Å². The number of hydrogen-bond acceptors (Lipinski definition) is 4. The fourth-order valence-corrected chi connectivity index (χ4v) is 3.67. The lowest BCUT2D eigenvalue weighted by atomic mass is 10.0. The van der Waals surface area contributed by atoms with Gasteiger partial charge in [-0.1, -0.05) is 13.8 Å². The Hall–Kier alpha value is -2.55. The number of nitriles is 1. The van der Waals surface area contributed by atoms with Crippen molar-refractivity contribution in [3.05, 3.63) is 28.6 Å². The van der Waals surface area contributed by atoms with Crippen LogP contribution in [0.3, 0.4) is 0 Å². The molecular formula is C22H31N3O3. The zero-order valence-electron chi connectivity index (χ0n) is 17.6. The van der Waals surface area contributed by atoms with Crippen LogP contribution in [0.1, 0.15) is 57.0 Å². The van der Waals surface area contributed by atoms with E-state index in [9.17, 15) is 14.9 Å². The number of carbonyl (C=O) groups excluding carboxylic acids is 2. The van der Waals surface area contributed by atoms with E-state index in [-0.39, 0.29) is 24.1 Å². The smallest absolute Gasteiger partial charge is 0.349 e. The minimum atomic E-state index is -0.755. The molecule has 1 atom stereocenters. The quantitative estimate of drug-likeness (QED) is 0.426. The normalized spacial score (nSPS) is 17.5. The zero-order chi connectivity index (χ0) is 20.8. The molecule has 1 fully saturated rings. The third kappa shape index (κ3) is 5.25. The summed E-state index contributed by atoms with van der Waals surface area (Å²) >= 11 is 0. The molecule has 0 bridgehead atoms. The lowest BCUT2D eigenvalue weighted by Gasteiger charge is -2.33. The van der Waals surface area contributed by atoms with Crippen molar-refractivity contribution in [3.8, 4) is 6.07 Å². The number of carbonyl (C=O) groups is 2. The highest BCUT2D eigenvalue weighted by atomic mass is 16.5. The Labute approximate surface area is 167 Å². The minimum absolute atomic E-state index is 0.0933. The summed E-state index contributed by atoms with van der Waals surface area (Å²) in [4.78, 5) is 26.4. The van der Waals surface area contributed by atoms with Gasteiger partial charge in [0.2, 0.25) is 0 Å². The van der Waals surface area contributed by atoms with Crippen molar-refractivity contribution >= 4 is 18.0 Å². The van der Waals surface area contributed by atoms with Gasteiger partial charge in [0, 0.05) is 30.5 Å². The lowest BCUT2D eigenvalue weighted by molar-refractivity contribution is -0.150. The molecule has 1 aromatic rings. The number of ether oxygens (including phenoxy) is 1. The van der Waals surface area contributed by atoms with Crippen molar-refractivity contribution in [1.82, 2.24) is 9.47 Å². The van der Waals surface area contributed by atoms with Crippen LogP contribution in [0.2, 0.25) is 0 Å². The van der Waals surface area contributed by atoms with Crippen molar-refractivity contribution in [2.24, 2.45) is 5.92 Å². The Kier molecular flexibility index (Phi) is 7.45. The molecule has 6 heteroatoms. The summed E-state index contributed by atoms with van der Waals surface area (Å²) in [5, 5.41) is 9.40. The second-order valence-electron chi connectivity index (χ2n) is 8.01. The molecule has 0 spiro atoms. The first-order valence-electron chi connectivity index (χ1n) is 9.99. The second kappa shape index (κ2) is 9.59. The number of amides is 1. The average Bonchev–Trinajstić information content (AvgIpc) is 2.91. The summed E-state index contributed by atoms with van der Waals surface area (Å²) in [6, 6.07) is 4.04. The fraction of sp³-hybridized carbons (Fsp3) is 0.591. The van der Waals surface area contributed by atoms with Gasteiger partial charge >= 0.3 is 5.97 Å². The molecule has 0 radical (unpaired) electrons. The van der Waals surface area contributed by atoms with Crippen molar-refractivity contribution < 1.29 is 14.3 Å². The number of nitrogens with zero attached hydrogens (tertiary/aromatic N) is 3. The summed E-state index contributed by atoms with van der Waals surface area (Å²) in [5.74, 6) is -0.465. The van der Waals surface area contributed by atoms with Gasteiger partial charge in [-0.15, -0.1) is 0 Å². The van der Waals surface area contributed by atoms with Crippen LogP contribution in [0.4, 0.5) is 0 Å². The predicted octanol–water partition coefficient (Wildman–Crippen LogP) is 3.61. The first kappa shape index (κ1) is 21.7. The van der Waals surface area contributed by atoms with Gasteiger partial charge in [-0.05, 0) is 63.7 Å². The molecule has 1 amide bonds. The SMILES string of the molecule is Cc1cc(/C=C(\C#N)C(=O)OCC(=O)N2CCCC[C@H]2C)c(C)n1CC(C)C. The summed E-state index contributed by atoms with van der Waals surface area (Å²) < 4.78 is 7.32. The maximum absolute atomic E-state index is 12.3. The standard InChI is InChI=1S/C22H31N3O3/c1-15(2)13-25-17(4)10-19(18(25)5)11-20(12-23)22(27)28-14-21(26)24-9-7-6-8-16(24)3/h10-11,15-16H,6-9,13-14H2,1-5H3/b20-11+/t16-/m1/s1. The maximum atomic E-state index is 12.3. The molecule has 1 saturated heterocycles. The molecule has 152 valence electrons. The van der Waals surface area contributed by atoms with Gasteiger partial charge in [0.05, 0.1) is 0 Å². The van der Waals surface area contributed by atoms with E-state index in [1.165, 1.54) is 0 Å². The zero-order valence-corrected chi connectivity index (χ0v) is 17.6. The van der Waals surface area contributed by atoms with E-state index in [4.69, 9.17) is 4.74 Å². The number of rotatable bonds is 6. The van der Waals surface area contributed by atoms with Crippen molar-refractivity contribution in [1.29, 1.82) is 5.26 Å². The minimum Gasteiger partial charge on any atom is -0.451 e. The maximum Gasteiger partial charge on any atom is 0.349 e. The van der Waals surface area contributed by atoms with Crippen LogP contribution in [-0.4, -0.2) is 40.5 Å². The van der Waals surface area contributed by atoms with E-state index < -0.39 is 5.97 Å². The highest BCUT2D eigenvalue weighted by Gasteiger charge is 2.24. The van der Waals surface area contributed by atoms with Gasteiger partial charge in [0.25, 0.3) is 5.91 Å². The number of aryl methyl sites for hydroxylation is 1. The molecule has 2 heterocycles. The molecule has 0 unspecified atom stereocenters. The molecule has 0 aromatic carbocycles. The van der Waals surface area contributed by atoms with Gasteiger partial charge in [0.15, 0.2) is 6.61 Å². The Morgan fingerprint density at radius 2 is 2.07 bits per heavy atom. The van der Waals surface area contributed by atoms with E-state index in [0.29, 0.717) is 12.5 Å². The third-order valence-corrected chi connectivity index (χ3v) is 5.25. The summed E-state index contributed by atoms with van der Waals surface area (Å²) in [6.45, 7) is 11.5. The van der Waals surface area contributed by atoms with Crippen molar-refractivity contribution in [3.63, 3.8) is 0 Å². The van der Waals surface area contributed by atoms with E-state index in [2.05, 4.69) is 18.4 Å². The molecule has 0 N–H and O–H groups in total. The number of hydrogen-bond donors (Lipinski definition) is 0. The summed E-state index contributed by atoms with van der Waals surface area (Å²) in [5.41, 5.74) is 2.81. The Morgan fingerprint density at radius 1 is 1.36 bits per heavy atom. The molecule has 1 aliphatic rings. The van der Waals surface area contributed by atoms with Gasteiger partial charge in [-0.25, -0.2) is 4.79 Å². The number of likely N-dealkylation sites (tertiary alicyclic amines) is 1. The first-order valence-corrected chi connectivity index (χ1v) is 9.99. The van der Waals surface area contributed by atoms with E-state index >= 15 is 0 Å². The second-order valence-corrected chi connectivity index (χ2v) is 8.01. The number of piperidine rings is 1. The molecule has 0 saturated carbocycles. The molecular weight excluding hydrogens is 354 g/mol. The molecule has 6 nitrogen and oxygen atoms in total. The molecule has 2 rings (SSSR count). The molecule has 28 heavy (non-hydrogen) atoms. The molecule has 1 aliphatic heterocycles. The lowest BCUT2D eigenvalue weighted by Crippen LogP contribution is -2.44. The highest BCUT2D eigenvalue weighted by molar-refractivity contribution is 5.99. The van der Waals surface area contributed by atoms with Crippen LogP contribution in [-0.2, 0) is 20.9 Å². The van der Waals surface area contributed by atoms with Crippen molar-refractivity contribution in [2.75, 3.05) is 13.2 Å².